The van der Waals surface area contributed by atoms with E-state index in [0.717, 1.165) is 37.2 Å². The minimum Gasteiger partial charge on any atom is -0.352 e. The zero-order valence-corrected chi connectivity index (χ0v) is 14.4. The van der Waals surface area contributed by atoms with Crippen LogP contribution in [0.5, 0.6) is 0 Å². The van der Waals surface area contributed by atoms with Crippen LogP contribution in [0, 0.1) is 0 Å². The summed E-state index contributed by atoms with van der Waals surface area (Å²) >= 11 is 0. The molecule has 2 atom stereocenters. The Kier molecular flexibility index (Phi) is 5.30. The molecule has 5 nitrogen and oxygen atoms in total. The summed E-state index contributed by atoms with van der Waals surface area (Å²) < 4.78 is 0. The van der Waals surface area contributed by atoms with E-state index in [1.54, 1.807) is 6.20 Å². The number of carbonyl (C=O) groups is 1. The van der Waals surface area contributed by atoms with Gasteiger partial charge in [0.25, 0.3) is 0 Å². The summed E-state index contributed by atoms with van der Waals surface area (Å²) in [7, 11) is 0. The number of aromatic amines is 1. The summed E-state index contributed by atoms with van der Waals surface area (Å²) in [5.74, 6) is 0.487. The van der Waals surface area contributed by atoms with Gasteiger partial charge in [0.1, 0.15) is 6.04 Å². The standard InChI is InChI=1S/C19H26N4O/c1-14(2)21-19(24)18(15-7-4-3-5-8-15)23-12-6-9-16(13-23)17-10-11-20-22-17/h3-5,7-8,10-11,14,16,18H,6,9,12-13H2,1-2H3,(H,20,22)(H,21,24)/t16-,18-/m1/s1. The molecule has 1 aromatic heterocycles. The van der Waals surface area contributed by atoms with Crippen molar-refractivity contribution in [3.63, 3.8) is 0 Å². The lowest BCUT2D eigenvalue weighted by Gasteiger charge is -2.37. The van der Waals surface area contributed by atoms with Crippen LogP contribution in [0.2, 0.25) is 0 Å². The average Bonchev–Trinajstić information content (AvgIpc) is 3.10. The summed E-state index contributed by atoms with van der Waals surface area (Å²) in [6.07, 6.45) is 4.02. The second-order valence-electron chi connectivity index (χ2n) is 6.82. The number of hydrogen-bond acceptors (Lipinski definition) is 3. The van der Waals surface area contributed by atoms with Crippen molar-refractivity contribution >= 4 is 5.91 Å². The number of carbonyl (C=O) groups excluding carboxylic acids is 1. The Morgan fingerprint density at radius 2 is 2.08 bits per heavy atom. The number of rotatable bonds is 5. The van der Waals surface area contributed by atoms with E-state index in [2.05, 4.69) is 20.4 Å². The predicted molar refractivity (Wildman–Crippen MR) is 94.6 cm³/mol. The van der Waals surface area contributed by atoms with Gasteiger partial charge in [0, 0.05) is 30.4 Å². The summed E-state index contributed by atoms with van der Waals surface area (Å²) in [5.41, 5.74) is 2.22. The van der Waals surface area contributed by atoms with Gasteiger partial charge < -0.3 is 5.32 Å². The van der Waals surface area contributed by atoms with Crippen LogP contribution in [0.15, 0.2) is 42.6 Å². The van der Waals surface area contributed by atoms with Gasteiger partial charge in [-0.05, 0) is 44.9 Å². The zero-order valence-electron chi connectivity index (χ0n) is 14.4. The number of benzene rings is 1. The summed E-state index contributed by atoms with van der Waals surface area (Å²) in [4.78, 5) is 15.2. The Labute approximate surface area is 143 Å². The van der Waals surface area contributed by atoms with E-state index in [1.807, 2.05) is 50.2 Å². The third-order valence-corrected chi connectivity index (χ3v) is 4.57. The van der Waals surface area contributed by atoms with E-state index in [9.17, 15) is 4.79 Å². The average molecular weight is 326 g/mol. The molecule has 1 fully saturated rings. The first-order chi connectivity index (χ1) is 11.6. The lowest BCUT2D eigenvalue weighted by molar-refractivity contribution is -0.127. The topological polar surface area (TPSA) is 61.0 Å². The number of nitrogens with zero attached hydrogens (tertiary/aromatic N) is 2. The molecule has 0 saturated carbocycles. The second kappa shape index (κ2) is 7.62. The van der Waals surface area contributed by atoms with Crippen LogP contribution >= 0.6 is 0 Å². The minimum absolute atomic E-state index is 0.0847. The molecule has 1 saturated heterocycles. The highest BCUT2D eigenvalue weighted by molar-refractivity contribution is 5.83. The molecule has 24 heavy (non-hydrogen) atoms. The highest BCUT2D eigenvalue weighted by atomic mass is 16.2. The number of aromatic nitrogens is 2. The number of hydrogen-bond donors (Lipinski definition) is 2. The van der Waals surface area contributed by atoms with Crippen molar-refractivity contribution in [1.82, 2.24) is 20.4 Å². The van der Waals surface area contributed by atoms with Crippen LogP contribution in [0.1, 0.15) is 49.9 Å². The smallest absolute Gasteiger partial charge is 0.242 e. The van der Waals surface area contributed by atoms with Gasteiger partial charge >= 0.3 is 0 Å². The van der Waals surface area contributed by atoms with Crippen LogP contribution in [0.3, 0.4) is 0 Å². The third kappa shape index (κ3) is 3.85. The van der Waals surface area contributed by atoms with E-state index in [4.69, 9.17) is 0 Å². The molecule has 1 amide bonds. The van der Waals surface area contributed by atoms with Crippen molar-refractivity contribution in [3.8, 4) is 0 Å². The fraction of sp³-hybridized carbons (Fsp3) is 0.474. The van der Waals surface area contributed by atoms with Crippen molar-refractivity contribution in [2.75, 3.05) is 13.1 Å². The zero-order chi connectivity index (χ0) is 16.9. The maximum absolute atomic E-state index is 12.9. The third-order valence-electron chi connectivity index (χ3n) is 4.57. The van der Waals surface area contributed by atoms with Crippen molar-refractivity contribution in [2.45, 2.75) is 44.7 Å². The van der Waals surface area contributed by atoms with Gasteiger partial charge in [0.05, 0.1) is 0 Å². The predicted octanol–water partition coefficient (Wildman–Crippen LogP) is 2.86. The van der Waals surface area contributed by atoms with Crippen molar-refractivity contribution < 1.29 is 4.79 Å². The number of nitrogens with one attached hydrogen (secondary N) is 2. The minimum atomic E-state index is -0.237. The van der Waals surface area contributed by atoms with E-state index < -0.39 is 0 Å². The normalized spacial score (nSPS) is 20.0. The lowest BCUT2D eigenvalue weighted by Crippen LogP contribution is -2.46. The molecule has 0 radical (unpaired) electrons. The van der Waals surface area contributed by atoms with Gasteiger partial charge in [-0.2, -0.15) is 5.10 Å². The second-order valence-corrected chi connectivity index (χ2v) is 6.82. The van der Waals surface area contributed by atoms with Crippen LogP contribution < -0.4 is 5.32 Å². The highest BCUT2D eigenvalue weighted by Gasteiger charge is 2.32. The molecule has 1 aliphatic heterocycles. The SMILES string of the molecule is CC(C)NC(=O)[C@@H](c1ccccc1)N1CCC[C@@H](c2ccn[nH]2)C1. The van der Waals surface area contributed by atoms with Crippen molar-refractivity contribution in [2.24, 2.45) is 0 Å². The van der Waals surface area contributed by atoms with E-state index in [1.165, 1.54) is 0 Å². The molecular weight excluding hydrogens is 300 g/mol. The molecule has 2 heterocycles. The molecule has 0 bridgehead atoms. The van der Waals surface area contributed by atoms with Crippen LogP contribution in [-0.2, 0) is 4.79 Å². The van der Waals surface area contributed by atoms with Gasteiger partial charge in [-0.25, -0.2) is 0 Å². The maximum Gasteiger partial charge on any atom is 0.242 e. The Bertz CT molecular complexity index is 639. The Morgan fingerprint density at radius 1 is 1.29 bits per heavy atom. The molecule has 2 N–H and O–H groups in total. The number of likely N-dealkylation sites (tertiary alicyclic amines) is 1. The summed E-state index contributed by atoms with van der Waals surface area (Å²) in [6, 6.07) is 12.0. The number of piperidine rings is 1. The number of amides is 1. The molecule has 2 aromatic rings. The first-order valence-corrected chi connectivity index (χ1v) is 8.74. The molecule has 128 valence electrons. The molecule has 0 spiro atoms. The molecule has 1 aromatic carbocycles. The Hall–Kier alpha value is -2.14. The fourth-order valence-electron chi connectivity index (χ4n) is 3.52. The quantitative estimate of drug-likeness (QED) is 0.888. The molecule has 1 aliphatic rings. The highest BCUT2D eigenvalue weighted by Crippen LogP contribution is 2.31. The first kappa shape index (κ1) is 16.7. The molecule has 3 rings (SSSR count). The van der Waals surface area contributed by atoms with Gasteiger partial charge in [-0.3, -0.25) is 14.8 Å². The van der Waals surface area contributed by atoms with Crippen molar-refractivity contribution in [1.29, 1.82) is 0 Å². The first-order valence-electron chi connectivity index (χ1n) is 8.74. The summed E-state index contributed by atoms with van der Waals surface area (Å²) in [5, 5.41) is 10.3. The van der Waals surface area contributed by atoms with Crippen molar-refractivity contribution in [3.05, 3.63) is 53.9 Å². The lowest BCUT2D eigenvalue weighted by atomic mass is 9.92. The molecule has 0 unspecified atom stereocenters. The van der Waals surface area contributed by atoms with E-state index >= 15 is 0 Å². The molecule has 0 aliphatic carbocycles. The number of H-pyrrole nitrogens is 1. The maximum atomic E-state index is 12.9. The van der Waals surface area contributed by atoms with Crippen LogP contribution in [-0.4, -0.2) is 40.1 Å². The van der Waals surface area contributed by atoms with Gasteiger partial charge in [-0.1, -0.05) is 30.3 Å². The summed E-state index contributed by atoms with van der Waals surface area (Å²) in [6.45, 7) is 5.82. The fourth-order valence-corrected chi connectivity index (χ4v) is 3.52. The molecular formula is C19H26N4O. The monoisotopic (exact) mass is 326 g/mol. The van der Waals surface area contributed by atoms with Crippen LogP contribution in [0.4, 0.5) is 0 Å². The van der Waals surface area contributed by atoms with E-state index in [0.29, 0.717) is 5.92 Å². The van der Waals surface area contributed by atoms with E-state index in [-0.39, 0.29) is 18.0 Å². The Morgan fingerprint density at radius 3 is 2.75 bits per heavy atom. The largest absolute Gasteiger partial charge is 0.352 e. The molecule has 5 heteroatoms. The van der Waals surface area contributed by atoms with Gasteiger partial charge in [0.15, 0.2) is 0 Å². The van der Waals surface area contributed by atoms with Crippen LogP contribution in [0.25, 0.3) is 0 Å². The van der Waals surface area contributed by atoms with Gasteiger partial charge in [0.2, 0.25) is 5.91 Å². The Balaban J connectivity index is 1.83. The van der Waals surface area contributed by atoms with Gasteiger partial charge in [-0.15, -0.1) is 0 Å².